The minimum absolute atomic E-state index is 0.0548. The molecule has 2 aromatic rings. The standard InChI is InChI=1S/C22H23NO4/c1-2-4-21-19(3-1)24-13-18(27-21)12-23-17-8-5-15(6-9-17)16-7-10-20-22(11-16)26-14-25-20/h1-5,7,10-11,17-18,23H,6,8-9,12-14H2/t17?,18-/m0/s1. The lowest BCUT2D eigenvalue weighted by molar-refractivity contribution is 0.0879. The van der Waals surface area contributed by atoms with Gasteiger partial charge < -0.3 is 24.3 Å². The van der Waals surface area contributed by atoms with Crippen LogP contribution >= 0.6 is 0 Å². The molecule has 5 nitrogen and oxygen atoms in total. The Bertz CT molecular complexity index is 863. The first kappa shape index (κ1) is 16.5. The molecule has 27 heavy (non-hydrogen) atoms. The van der Waals surface area contributed by atoms with Crippen LogP contribution in [-0.2, 0) is 0 Å². The van der Waals surface area contributed by atoms with Crippen LogP contribution in [0.1, 0.15) is 24.8 Å². The molecule has 0 aromatic heterocycles. The maximum Gasteiger partial charge on any atom is 0.231 e. The van der Waals surface area contributed by atoms with Gasteiger partial charge in [-0.2, -0.15) is 0 Å². The lowest BCUT2D eigenvalue weighted by Crippen LogP contribution is -2.42. The van der Waals surface area contributed by atoms with Gasteiger partial charge in [0.25, 0.3) is 0 Å². The third kappa shape index (κ3) is 3.47. The molecule has 0 radical (unpaired) electrons. The van der Waals surface area contributed by atoms with Gasteiger partial charge in [-0.05, 0) is 54.7 Å². The van der Waals surface area contributed by atoms with Crippen LogP contribution in [-0.4, -0.2) is 32.1 Å². The van der Waals surface area contributed by atoms with Crippen molar-refractivity contribution in [1.82, 2.24) is 5.32 Å². The van der Waals surface area contributed by atoms with E-state index in [-0.39, 0.29) is 6.10 Å². The normalized spacial score (nSPS) is 23.0. The highest BCUT2D eigenvalue weighted by atomic mass is 16.7. The number of ether oxygens (including phenoxy) is 4. The van der Waals surface area contributed by atoms with Crippen LogP contribution in [0, 0.1) is 0 Å². The summed E-state index contributed by atoms with van der Waals surface area (Å²) in [5.41, 5.74) is 2.62. The fourth-order valence-corrected chi connectivity index (χ4v) is 3.84. The number of para-hydroxylation sites is 2. The van der Waals surface area contributed by atoms with Gasteiger partial charge in [0.15, 0.2) is 23.0 Å². The van der Waals surface area contributed by atoms with Gasteiger partial charge in [-0.3, -0.25) is 0 Å². The summed E-state index contributed by atoms with van der Waals surface area (Å²) in [5.74, 6) is 3.36. The number of hydrogen-bond donors (Lipinski definition) is 1. The maximum atomic E-state index is 6.03. The van der Waals surface area contributed by atoms with E-state index in [9.17, 15) is 0 Å². The SMILES string of the molecule is C1=C(c2ccc3c(c2)OCO3)CCC(NC[C@H]2COc3ccccc3O2)C1. The monoisotopic (exact) mass is 365 g/mol. The van der Waals surface area contributed by atoms with Crippen molar-refractivity contribution < 1.29 is 18.9 Å². The minimum Gasteiger partial charge on any atom is -0.486 e. The third-order valence-corrected chi connectivity index (χ3v) is 5.36. The zero-order chi connectivity index (χ0) is 18.1. The smallest absolute Gasteiger partial charge is 0.231 e. The van der Waals surface area contributed by atoms with Gasteiger partial charge in [0.1, 0.15) is 12.7 Å². The van der Waals surface area contributed by atoms with E-state index in [1.54, 1.807) is 0 Å². The molecule has 0 bridgehead atoms. The summed E-state index contributed by atoms with van der Waals surface area (Å²) in [6.45, 7) is 1.71. The van der Waals surface area contributed by atoms with Crippen molar-refractivity contribution >= 4 is 5.57 Å². The summed E-state index contributed by atoms with van der Waals surface area (Å²) in [6, 6.07) is 14.5. The highest BCUT2D eigenvalue weighted by Crippen LogP contribution is 2.37. The first-order chi connectivity index (χ1) is 13.3. The van der Waals surface area contributed by atoms with Crippen LogP contribution < -0.4 is 24.3 Å². The fraction of sp³-hybridized carbons (Fsp3) is 0.364. The van der Waals surface area contributed by atoms with E-state index in [2.05, 4.69) is 23.5 Å². The van der Waals surface area contributed by atoms with E-state index in [0.29, 0.717) is 19.4 Å². The second-order valence-corrected chi connectivity index (χ2v) is 7.17. The van der Waals surface area contributed by atoms with Gasteiger partial charge in [0.05, 0.1) is 0 Å². The number of allylic oxidation sites excluding steroid dienone is 1. The van der Waals surface area contributed by atoms with Crippen molar-refractivity contribution in [2.75, 3.05) is 19.9 Å². The molecule has 1 unspecified atom stereocenters. The topological polar surface area (TPSA) is 49.0 Å². The van der Waals surface area contributed by atoms with E-state index in [1.807, 2.05) is 30.3 Å². The lowest BCUT2D eigenvalue weighted by atomic mass is 9.90. The molecule has 2 atom stereocenters. The minimum atomic E-state index is 0.0548. The quantitative estimate of drug-likeness (QED) is 0.894. The van der Waals surface area contributed by atoms with Crippen LogP contribution in [0.3, 0.4) is 0 Å². The van der Waals surface area contributed by atoms with Gasteiger partial charge >= 0.3 is 0 Å². The zero-order valence-corrected chi connectivity index (χ0v) is 15.1. The Morgan fingerprint density at radius 2 is 1.78 bits per heavy atom. The van der Waals surface area contributed by atoms with Crippen molar-refractivity contribution in [3.63, 3.8) is 0 Å². The molecule has 140 valence electrons. The summed E-state index contributed by atoms with van der Waals surface area (Å²) < 4.78 is 22.7. The predicted octanol–water partition coefficient (Wildman–Crippen LogP) is 3.78. The summed E-state index contributed by atoms with van der Waals surface area (Å²) >= 11 is 0. The van der Waals surface area contributed by atoms with Crippen molar-refractivity contribution in [2.45, 2.75) is 31.4 Å². The second-order valence-electron chi connectivity index (χ2n) is 7.17. The Balaban J connectivity index is 1.15. The van der Waals surface area contributed by atoms with Crippen molar-refractivity contribution in [3.05, 3.63) is 54.1 Å². The molecule has 0 spiro atoms. The Morgan fingerprint density at radius 3 is 2.67 bits per heavy atom. The van der Waals surface area contributed by atoms with E-state index in [1.165, 1.54) is 11.1 Å². The van der Waals surface area contributed by atoms with Crippen molar-refractivity contribution in [3.8, 4) is 23.0 Å². The second kappa shape index (κ2) is 7.16. The largest absolute Gasteiger partial charge is 0.486 e. The van der Waals surface area contributed by atoms with Crippen LogP contribution in [0.15, 0.2) is 48.5 Å². The third-order valence-electron chi connectivity index (χ3n) is 5.36. The van der Waals surface area contributed by atoms with Crippen LogP contribution in [0.25, 0.3) is 5.57 Å². The molecule has 0 fully saturated rings. The summed E-state index contributed by atoms with van der Waals surface area (Å²) in [6.07, 6.45) is 5.59. The first-order valence-electron chi connectivity index (χ1n) is 9.56. The number of fused-ring (bicyclic) bond motifs is 2. The molecule has 1 N–H and O–H groups in total. The number of rotatable bonds is 4. The van der Waals surface area contributed by atoms with E-state index in [4.69, 9.17) is 18.9 Å². The fourth-order valence-electron chi connectivity index (χ4n) is 3.84. The van der Waals surface area contributed by atoms with E-state index >= 15 is 0 Å². The molecule has 0 amide bonds. The average molecular weight is 365 g/mol. The van der Waals surface area contributed by atoms with Crippen LogP contribution in [0.2, 0.25) is 0 Å². The van der Waals surface area contributed by atoms with Gasteiger partial charge in [-0.1, -0.05) is 24.3 Å². The molecule has 2 aromatic carbocycles. The first-order valence-corrected chi connectivity index (χ1v) is 9.56. The maximum absolute atomic E-state index is 6.03. The average Bonchev–Trinajstić information content (AvgIpc) is 3.20. The zero-order valence-electron chi connectivity index (χ0n) is 15.1. The predicted molar refractivity (Wildman–Crippen MR) is 103 cm³/mol. The molecular formula is C22H23NO4. The molecule has 2 heterocycles. The van der Waals surface area contributed by atoms with Gasteiger partial charge in [0, 0.05) is 12.6 Å². The molecule has 3 aliphatic rings. The van der Waals surface area contributed by atoms with E-state index < -0.39 is 0 Å². The van der Waals surface area contributed by atoms with Crippen LogP contribution in [0.5, 0.6) is 23.0 Å². The highest BCUT2D eigenvalue weighted by Gasteiger charge is 2.23. The molecule has 2 aliphatic heterocycles. The van der Waals surface area contributed by atoms with Crippen molar-refractivity contribution in [1.29, 1.82) is 0 Å². The summed E-state index contributed by atoms with van der Waals surface area (Å²) in [5, 5.41) is 3.64. The molecule has 5 heteroatoms. The molecule has 1 aliphatic carbocycles. The Labute approximate surface area is 158 Å². The number of hydrogen-bond acceptors (Lipinski definition) is 5. The molecule has 0 saturated carbocycles. The van der Waals surface area contributed by atoms with Gasteiger partial charge in [-0.25, -0.2) is 0 Å². The Morgan fingerprint density at radius 1 is 0.926 bits per heavy atom. The number of benzene rings is 2. The Kier molecular flexibility index (Phi) is 4.38. The molecular weight excluding hydrogens is 342 g/mol. The Hall–Kier alpha value is -2.66. The highest BCUT2D eigenvalue weighted by molar-refractivity contribution is 5.69. The summed E-state index contributed by atoms with van der Waals surface area (Å²) in [7, 11) is 0. The van der Waals surface area contributed by atoms with Gasteiger partial charge in [0.2, 0.25) is 6.79 Å². The number of nitrogens with one attached hydrogen (secondary N) is 1. The van der Waals surface area contributed by atoms with E-state index in [0.717, 1.165) is 48.8 Å². The van der Waals surface area contributed by atoms with Crippen LogP contribution in [0.4, 0.5) is 0 Å². The summed E-state index contributed by atoms with van der Waals surface area (Å²) in [4.78, 5) is 0. The molecule has 0 saturated heterocycles. The molecule has 5 rings (SSSR count). The van der Waals surface area contributed by atoms with Gasteiger partial charge in [-0.15, -0.1) is 0 Å². The lowest BCUT2D eigenvalue weighted by Gasteiger charge is -2.29. The van der Waals surface area contributed by atoms with Crippen molar-refractivity contribution in [2.24, 2.45) is 0 Å².